The first kappa shape index (κ1) is 13.0. The van der Waals surface area contributed by atoms with Crippen LogP contribution in [0.4, 0.5) is 0 Å². The first-order chi connectivity index (χ1) is 5.04. The second kappa shape index (κ2) is 9.39. The van der Waals surface area contributed by atoms with Gasteiger partial charge in [0, 0.05) is 6.54 Å². The summed E-state index contributed by atoms with van der Waals surface area (Å²) in [7, 11) is 4.34. The fourth-order valence-corrected chi connectivity index (χ4v) is 0.500. The highest BCUT2D eigenvalue weighted by Crippen LogP contribution is 1.58. The Labute approximate surface area is 68.0 Å². The molecule has 0 heterocycles. The number of quaternary nitrogens is 1. The monoisotopic (exact) mass is 162 g/mol. The van der Waals surface area contributed by atoms with Gasteiger partial charge < -0.3 is 20.5 Å². The number of carboxylic acid groups (broad SMARTS) is 1. The van der Waals surface area contributed by atoms with E-state index in [0.29, 0.717) is 0 Å². The van der Waals surface area contributed by atoms with E-state index >= 15 is 0 Å². The molecule has 11 heavy (non-hydrogen) atoms. The molecular weight excluding hydrogens is 144 g/mol. The Morgan fingerprint density at radius 3 is 1.91 bits per heavy atom. The molecule has 0 aromatic carbocycles. The first-order valence-electron chi connectivity index (χ1n) is 3.73. The van der Waals surface area contributed by atoms with Gasteiger partial charge in [-0.05, 0) is 6.42 Å². The van der Waals surface area contributed by atoms with E-state index in [1.54, 1.807) is 0 Å². The molecule has 4 heteroatoms. The fraction of sp³-hybridized carbons (Fsp3) is 0.857. The highest BCUT2D eigenvalue weighted by molar-refractivity contribution is 5.66. The Morgan fingerprint density at radius 1 is 1.55 bits per heavy atom. The Balaban J connectivity index is 0. The lowest BCUT2D eigenvalue weighted by Gasteiger charge is -2.01. The topological polar surface area (TPSA) is 70.6 Å². The zero-order valence-electron chi connectivity index (χ0n) is 7.52. The van der Waals surface area contributed by atoms with Crippen molar-refractivity contribution in [3.8, 4) is 0 Å². The van der Waals surface area contributed by atoms with E-state index in [2.05, 4.69) is 26.8 Å². The van der Waals surface area contributed by atoms with E-state index in [1.807, 2.05) is 0 Å². The highest BCUT2D eigenvalue weighted by atomic mass is 16.4. The standard InChI is InChI=1S/C5H13N.C2H5NO2/c1-4-5-6(2)3;3-1-2(4)5/h4-5H2,1-3H3;1,3H2,(H,4,5). The molecule has 0 aromatic rings. The number of carbonyl (C=O) groups excluding carboxylic acids is 1. The lowest BCUT2D eigenvalue weighted by molar-refractivity contribution is -0.858. The molecule has 0 rings (SSSR count). The van der Waals surface area contributed by atoms with Crippen LogP contribution in [0.5, 0.6) is 0 Å². The summed E-state index contributed by atoms with van der Waals surface area (Å²) < 4.78 is 0. The van der Waals surface area contributed by atoms with E-state index in [9.17, 15) is 0 Å². The summed E-state index contributed by atoms with van der Waals surface area (Å²) in [5.41, 5.74) is 4.51. The zero-order valence-corrected chi connectivity index (χ0v) is 7.52. The van der Waals surface area contributed by atoms with Gasteiger partial charge in [-0.25, -0.2) is 0 Å². The van der Waals surface area contributed by atoms with Crippen LogP contribution in [0.2, 0.25) is 0 Å². The highest BCUT2D eigenvalue weighted by Gasteiger charge is 1.83. The van der Waals surface area contributed by atoms with Gasteiger partial charge in [-0.2, -0.15) is 0 Å². The van der Waals surface area contributed by atoms with Gasteiger partial charge in [0.2, 0.25) is 0 Å². The van der Waals surface area contributed by atoms with Crippen LogP contribution in [-0.4, -0.2) is 33.2 Å². The van der Waals surface area contributed by atoms with E-state index in [-0.39, 0.29) is 6.54 Å². The van der Waals surface area contributed by atoms with Gasteiger partial charge in [-0.3, -0.25) is 0 Å². The SMILES string of the molecule is CCC[NH+](C)C.NCC(=O)[O-]. The van der Waals surface area contributed by atoms with Crippen molar-refractivity contribution in [2.75, 3.05) is 27.2 Å². The number of nitrogens with two attached hydrogens (primary N) is 1. The van der Waals surface area contributed by atoms with Gasteiger partial charge in [0.15, 0.2) is 0 Å². The number of aliphatic carboxylic acids is 1. The number of rotatable bonds is 3. The number of hydrogen-bond donors (Lipinski definition) is 2. The van der Waals surface area contributed by atoms with Crippen LogP contribution in [0.3, 0.4) is 0 Å². The van der Waals surface area contributed by atoms with E-state index in [1.165, 1.54) is 17.9 Å². The molecule has 4 nitrogen and oxygen atoms in total. The maximum absolute atomic E-state index is 9.13. The molecule has 0 unspecified atom stereocenters. The predicted octanol–water partition coefficient (Wildman–Crippen LogP) is -2.76. The molecule has 0 saturated heterocycles. The molecule has 0 aliphatic carbocycles. The molecule has 0 atom stereocenters. The molecule has 0 radical (unpaired) electrons. The predicted molar refractivity (Wildman–Crippen MR) is 42.0 cm³/mol. The average Bonchev–Trinajstić information content (AvgIpc) is 1.89. The van der Waals surface area contributed by atoms with Crippen LogP contribution in [-0.2, 0) is 4.79 Å². The van der Waals surface area contributed by atoms with Crippen molar-refractivity contribution in [3.05, 3.63) is 0 Å². The maximum Gasteiger partial charge on any atom is 0.0764 e. The minimum Gasteiger partial charge on any atom is -0.549 e. The second-order valence-corrected chi connectivity index (χ2v) is 2.53. The first-order valence-corrected chi connectivity index (χ1v) is 3.73. The minimum atomic E-state index is -1.22. The zero-order chi connectivity index (χ0) is 9.28. The Morgan fingerprint density at radius 2 is 1.91 bits per heavy atom. The molecular formula is C7H18N2O2. The largest absolute Gasteiger partial charge is 0.549 e. The second-order valence-electron chi connectivity index (χ2n) is 2.53. The van der Waals surface area contributed by atoms with Gasteiger partial charge in [0.25, 0.3) is 0 Å². The van der Waals surface area contributed by atoms with E-state index in [0.717, 1.165) is 0 Å². The fourth-order valence-electron chi connectivity index (χ4n) is 0.500. The van der Waals surface area contributed by atoms with Crippen molar-refractivity contribution in [3.63, 3.8) is 0 Å². The van der Waals surface area contributed by atoms with Crippen LogP contribution < -0.4 is 15.7 Å². The lowest BCUT2D eigenvalue weighted by atomic mass is 10.5. The summed E-state index contributed by atoms with van der Waals surface area (Å²) in [6.45, 7) is 3.10. The van der Waals surface area contributed by atoms with Crippen molar-refractivity contribution in [1.29, 1.82) is 0 Å². The number of hydrogen-bond acceptors (Lipinski definition) is 3. The van der Waals surface area contributed by atoms with E-state index in [4.69, 9.17) is 9.90 Å². The summed E-state index contributed by atoms with van der Waals surface area (Å²) in [6, 6.07) is 0. The smallest absolute Gasteiger partial charge is 0.0764 e. The Hall–Kier alpha value is -0.610. The third kappa shape index (κ3) is 26.6. The maximum atomic E-state index is 9.13. The summed E-state index contributed by atoms with van der Waals surface area (Å²) in [5.74, 6) is -1.22. The van der Waals surface area contributed by atoms with E-state index < -0.39 is 5.97 Å². The summed E-state index contributed by atoms with van der Waals surface area (Å²) in [4.78, 5) is 10.7. The van der Waals surface area contributed by atoms with Crippen LogP contribution in [0.1, 0.15) is 13.3 Å². The molecule has 0 aromatic heterocycles. The molecule has 0 fully saturated rings. The third-order valence-electron chi connectivity index (χ3n) is 0.917. The number of carboxylic acids is 1. The minimum absolute atomic E-state index is 0.389. The molecule has 0 bridgehead atoms. The normalized spacial score (nSPS) is 8.82. The molecule has 68 valence electrons. The Kier molecular flexibility index (Phi) is 11.1. The van der Waals surface area contributed by atoms with Crippen LogP contribution in [0, 0.1) is 0 Å². The molecule has 0 saturated carbocycles. The summed E-state index contributed by atoms with van der Waals surface area (Å²) in [5, 5.41) is 9.13. The van der Waals surface area contributed by atoms with Crippen LogP contribution >= 0.6 is 0 Å². The summed E-state index contributed by atoms with van der Waals surface area (Å²) >= 11 is 0. The van der Waals surface area contributed by atoms with Gasteiger partial charge in [0.05, 0.1) is 26.6 Å². The molecule has 0 amide bonds. The molecule has 0 aliphatic heterocycles. The third-order valence-corrected chi connectivity index (χ3v) is 0.917. The van der Waals surface area contributed by atoms with Crippen LogP contribution in [0.25, 0.3) is 0 Å². The Bertz CT molecular complexity index is 94.4. The number of carbonyl (C=O) groups is 1. The van der Waals surface area contributed by atoms with Gasteiger partial charge in [-0.1, -0.05) is 6.92 Å². The van der Waals surface area contributed by atoms with Gasteiger partial charge in [0.1, 0.15) is 0 Å². The van der Waals surface area contributed by atoms with Crippen molar-refractivity contribution in [1.82, 2.24) is 0 Å². The summed E-state index contributed by atoms with van der Waals surface area (Å²) in [6.07, 6.45) is 1.29. The van der Waals surface area contributed by atoms with Crippen molar-refractivity contribution < 1.29 is 14.8 Å². The molecule has 0 aliphatic rings. The van der Waals surface area contributed by atoms with Gasteiger partial charge in [-0.15, -0.1) is 0 Å². The molecule has 3 N–H and O–H groups in total. The number of nitrogens with one attached hydrogen (secondary N) is 1. The lowest BCUT2D eigenvalue weighted by Crippen LogP contribution is -3.05. The van der Waals surface area contributed by atoms with Crippen LogP contribution in [0.15, 0.2) is 0 Å². The van der Waals surface area contributed by atoms with Crippen molar-refractivity contribution >= 4 is 5.97 Å². The van der Waals surface area contributed by atoms with Crippen molar-refractivity contribution in [2.45, 2.75) is 13.3 Å². The van der Waals surface area contributed by atoms with Gasteiger partial charge >= 0.3 is 0 Å². The quantitative estimate of drug-likeness (QED) is 0.472. The van der Waals surface area contributed by atoms with Crippen molar-refractivity contribution in [2.24, 2.45) is 5.73 Å². The molecule has 0 spiro atoms. The average molecular weight is 162 g/mol.